The third-order valence-corrected chi connectivity index (χ3v) is 3.24. The molecule has 0 saturated carbocycles. The fourth-order valence-corrected chi connectivity index (χ4v) is 2.08. The van der Waals surface area contributed by atoms with Crippen molar-refractivity contribution < 1.29 is 4.79 Å². The highest BCUT2D eigenvalue weighted by molar-refractivity contribution is 5.93. The van der Waals surface area contributed by atoms with Crippen molar-refractivity contribution in [2.24, 2.45) is 7.05 Å². The van der Waals surface area contributed by atoms with E-state index in [0.29, 0.717) is 0 Å². The number of aryl methyl sites for hydroxylation is 1. The number of nitrogens with one attached hydrogen (secondary N) is 2. The van der Waals surface area contributed by atoms with Gasteiger partial charge in [0, 0.05) is 25.3 Å². The number of rotatable bonds is 2. The van der Waals surface area contributed by atoms with Crippen molar-refractivity contribution in [3.8, 4) is 0 Å². The lowest BCUT2D eigenvalue weighted by atomic mass is 10.1. The molecule has 2 heterocycles. The molecular weight excluding hydrogens is 238 g/mol. The number of hydrogen-bond donors (Lipinski definition) is 2. The van der Waals surface area contributed by atoms with Crippen molar-refractivity contribution in [1.82, 2.24) is 15.2 Å². The minimum absolute atomic E-state index is 0. The molecular formula is C12H20ClN3O. The molecule has 5 heteroatoms. The zero-order chi connectivity index (χ0) is 11.5. The third-order valence-electron chi connectivity index (χ3n) is 3.24. The van der Waals surface area contributed by atoms with Gasteiger partial charge >= 0.3 is 0 Å². The zero-order valence-electron chi connectivity index (χ0n) is 10.3. The summed E-state index contributed by atoms with van der Waals surface area (Å²) < 4.78 is 1.92. The first-order valence-corrected chi connectivity index (χ1v) is 5.82. The average molecular weight is 258 g/mol. The van der Waals surface area contributed by atoms with E-state index in [1.165, 1.54) is 0 Å². The molecule has 17 heavy (non-hydrogen) atoms. The van der Waals surface area contributed by atoms with Crippen LogP contribution in [-0.4, -0.2) is 29.6 Å². The second kappa shape index (κ2) is 6.07. The Morgan fingerprint density at radius 3 is 2.82 bits per heavy atom. The highest BCUT2D eigenvalue weighted by atomic mass is 35.5. The summed E-state index contributed by atoms with van der Waals surface area (Å²) in [5.74, 6) is 0.0318. The Bertz CT molecular complexity index is 383. The van der Waals surface area contributed by atoms with E-state index in [4.69, 9.17) is 0 Å². The Balaban J connectivity index is 0.00000144. The topological polar surface area (TPSA) is 46.1 Å². The van der Waals surface area contributed by atoms with Crippen molar-refractivity contribution in [2.45, 2.75) is 25.8 Å². The maximum atomic E-state index is 12.0. The molecule has 1 unspecified atom stereocenters. The summed E-state index contributed by atoms with van der Waals surface area (Å²) >= 11 is 0. The normalized spacial score (nSPS) is 19.5. The molecule has 1 aromatic rings. The monoisotopic (exact) mass is 257 g/mol. The van der Waals surface area contributed by atoms with E-state index in [9.17, 15) is 4.79 Å². The molecule has 1 aromatic heterocycles. The predicted molar refractivity (Wildman–Crippen MR) is 70.8 cm³/mol. The summed E-state index contributed by atoms with van der Waals surface area (Å²) in [6, 6.07) is 4.12. The van der Waals surface area contributed by atoms with E-state index >= 15 is 0 Å². The molecule has 0 spiro atoms. The van der Waals surface area contributed by atoms with Gasteiger partial charge in [0.25, 0.3) is 5.91 Å². The van der Waals surface area contributed by atoms with Gasteiger partial charge in [-0.25, -0.2) is 0 Å². The molecule has 1 aliphatic rings. The summed E-state index contributed by atoms with van der Waals surface area (Å²) in [5.41, 5.74) is 1.84. The van der Waals surface area contributed by atoms with Crippen LogP contribution in [0.4, 0.5) is 0 Å². The predicted octanol–water partition coefficient (Wildman–Crippen LogP) is 1.24. The number of piperidine rings is 1. The molecule has 1 amide bonds. The number of amides is 1. The lowest BCUT2D eigenvalue weighted by Crippen LogP contribution is -2.45. The molecule has 2 rings (SSSR count). The van der Waals surface area contributed by atoms with Crippen LogP contribution in [0.2, 0.25) is 0 Å². The van der Waals surface area contributed by atoms with Crippen molar-refractivity contribution in [1.29, 1.82) is 0 Å². The molecule has 1 fully saturated rings. The van der Waals surface area contributed by atoms with Crippen LogP contribution in [0.3, 0.4) is 0 Å². The number of aromatic nitrogens is 1. The highest BCUT2D eigenvalue weighted by Gasteiger charge is 2.17. The molecule has 4 nitrogen and oxygen atoms in total. The molecule has 0 aliphatic carbocycles. The lowest BCUT2D eigenvalue weighted by molar-refractivity contribution is 0.0922. The van der Waals surface area contributed by atoms with Gasteiger partial charge in [0.15, 0.2) is 0 Å². The smallest absolute Gasteiger partial charge is 0.268 e. The van der Waals surface area contributed by atoms with Crippen molar-refractivity contribution in [3.63, 3.8) is 0 Å². The first-order chi connectivity index (χ1) is 7.68. The van der Waals surface area contributed by atoms with Crippen LogP contribution in [0, 0.1) is 6.92 Å². The molecule has 2 N–H and O–H groups in total. The van der Waals surface area contributed by atoms with Crippen LogP contribution in [-0.2, 0) is 7.05 Å². The van der Waals surface area contributed by atoms with Crippen molar-refractivity contribution in [2.75, 3.05) is 13.1 Å². The fraction of sp³-hybridized carbons (Fsp3) is 0.583. The van der Waals surface area contributed by atoms with E-state index in [2.05, 4.69) is 10.6 Å². The summed E-state index contributed by atoms with van der Waals surface area (Å²) in [5, 5.41) is 6.36. The largest absolute Gasteiger partial charge is 0.347 e. The number of halogens is 1. The second-order valence-electron chi connectivity index (χ2n) is 4.44. The molecule has 0 bridgehead atoms. The fourth-order valence-electron chi connectivity index (χ4n) is 2.08. The molecule has 0 radical (unpaired) electrons. The Kier molecular flexibility index (Phi) is 5.02. The van der Waals surface area contributed by atoms with Gasteiger partial charge in [-0.3, -0.25) is 4.79 Å². The van der Waals surface area contributed by atoms with Gasteiger partial charge in [0.05, 0.1) is 0 Å². The minimum Gasteiger partial charge on any atom is -0.347 e. The quantitative estimate of drug-likeness (QED) is 0.837. The maximum Gasteiger partial charge on any atom is 0.268 e. The van der Waals surface area contributed by atoms with Gasteiger partial charge in [-0.15, -0.1) is 12.4 Å². The van der Waals surface area contributed by atoms with Crippen LogP contribution in [0.1, 0.15) is 29.0 Å². The summed E-state index contributed by atoms with van der Waals surface area (Å²) in [6.07, 6.45) is 2.21. The van der Waals surface area contributed by atoms with Gasteiger partial charge in [-0.1, -0.05) is 0 Å². The van der Waals surface area contributed by atoms with E-state index in [1.54, 1.807) is 0 Å². The lowest BCUT2D eigenvalue weighted by Gasteiger charge is -2.23. The van der Waals surface area contributed by atoms with Crippen molar-refractivity contribution in [3.05, 3.63) is 23.5 Å². The van der Waals surface area contributed by atoms with E-state index in [-0.39, 0.29) is 24.4 Å². The van der Waals surface area contributed by atoms with Gasteiger partial charge in [-0.05, 0) is 38.4 Å². The van der Waals surface area contributed by atoms with Gasteiger partial charge in [0.1, 0.15) is 5.69 Å². The standard InChI is InChI=1S/C12H19N3O.ClH/c1-9-5-6-11(15(9)2)12(16)14-10-4-3-7-13-8-10;/h5-6,10,13H,3-4,7-8H2,1-2H3,(H,14,16);1H. The van der Waals surface area contributed by atoms with Crippen molar-refractivity contribution >= 4 is 18.3 Å². The Morgan fingerprint density at radius 1 is 1.53 bits per heavy atom. The molecule has 1 atom stereocenters. The van der Waals surface area contributed by atoms with Gasteiger partial charge in [0.2, 0.25) is 0 Å². The minimum atomic E-state index is 0. The first kappa shape index (κ1) is 14.1. The summed E-state index contributed by atoms with van der Waals surface area (Å²) in [4.78, 5) is 12.0. The number of carbonyl (C=O) groups is 1. The SMILES string of the molecule is Cc1ccc(C(=O)NC2CCCNC2)n1C.Cl. The average Bonchev–Trinajstić information content (AvgIpc) is 2.61. The van der Waals surface area contributed by atoms with Crippen LogP contribution in [0.25, 0.3) is 0 Å². The van der Waals surface area contributed by atoms with Crippen LogP contribution < -0.4 is 10.6 Å². The van der Waals surface area contributed by atoms with Crippen LogP contribution in [0.5, 0.6) is 0 Å². The number of nitrogens with zero attached hydrogens (tertiary/aromatic N) is 1. The third kappa shape index (κ3) is 3.23. The summed E-state index contributed by atoms with van der Waals surface area (Å²) in [6.45, 7) is 3.95. The highest BCUT2D eigenvalue weighted by Crippen LogP contribution is 2.07. The molecule has 96 valence electrons. The maximum absolute atomic E-state index is 12.0. The molecule has 1 aliphatic heterocycles. The Morgan fingerprint density at radius 2 is 2.29 bits per heavy atom. The summed E-state index contributed by atoms with van der Waals surface area (Å²) in [7, 11) is 1.92. The number of hydrogen-bond acceptors (Lipinski definition) is 2. The Labute approximate surface area is 108 Å². The van der Waals surface area contributed by atoms with E-state index < -0.39 is 0 Å². The number of carbonyl (C=O) groups excluding carboxylic acids is 1. The van der Waals surface area contributed by atoms with E-state index in [0.717, 1.165) is 37.3 Å². The van der Waals surface area contributed by atoms with Crippen LogP contribution >= 0.6 is 12.4 Å². The Hall–Kier alpha value is -1.00. The molecule has 0 aromatic carbocycles. The molecule has 1 saturated heterocycles. The van der Waals surface area contributed by atoms with Crippen LogP contribution in [0.15, 0.2) is 12.1 Å². The zero-order valence-corrected chi connectivity index (χ0v) is 11.1. The van der Waals surface area contributed by atoms with Gasteiger partial charge < -0.3 is 15.2 Å². The second-order valence-corrected chi connectivity index (χ2v) is 4.44. The first-order valence-electron chi connectivity index (χ1n) is 5.82. The van der Waals surface area contributed by atoms with E-state index in [1.807, 2.05) is 30.7 Å². The van der Waals surface area contributed by atoms with Gasteiger partial charge in [-0.2, -0.15) is 0 Å².